The van der Waals surface area contributed by atoms with E-state index in [1.54, 1.807) is 11.6 Å². The average molecular weight is 309 g/mol. The maximum atomic E-state index is 5.88. The van der Waals surface area contributed by atoms with Gasteiger partial charge in [-0.2, -0.15) is 0 Å². The largest absolute Gasteiger partial charge is 0.383 e. The lowest BCUT2D eigenvalue weighted by Crippen LogP contribution is -2.07. The highest BCUT2D eigenvalue weighted by Crippen LogP contribution is 2.25. The SMILES string of the molecule is COCCNc1nn2cc(-c3ccc(Cl)cc3)nc2s1. The summed E-state index contributed by atoms with van der Waals surface area (Å²) in [5.41, 5.74) is 1.92. The molecule has 2 heterocycles. The third-order valence-corrected chi connectivity index (χ3v) is 3.90. The summed E-state index contributed by atoms with van der Waals surface area (Å²) in [6.07, 6.45) is 1.91. The molecular weight excluding hydrogens is 296 g/mol. The summed E-state index contributed by atoms with van der Waals surface area (Å²) in [7, 11) is 1.68. The van der Waals surface area contributed by atoms with E-state index < -0.39 is 0 Å². The monoisotopic (exact) mass is 308 g/mol. The number of rotatable bonds is 5. The normalized spacial score (nSPS) is 11.1. The van der Waals surface area contributed by atoms with Gasteiger partial charge in [-0.05, 0) is 12.1 Å². The number of methoxy groups -OCH3 is 1. The van der Waals surface area contributed by atoms with Gasteiger partial charge < -0.3 is 10.1 Å². The Hall–Kier alpha value is -1.63. The van der Waals surface area contributed by atoms with Crippen LogP contribution in [0, 0.1) is 0 Å². The van der Waals surface area contributed by atoms with Crippen LogP contribution in [0.3, 0.4) is 0 Å². The van der Waals surface area contributed by atoms with Crippen LogP contribution in [0.1, 0.15) is 0 Å². The smallest absolute Gasteiger partial charge is 0.214 e. The van der Waals surface area contributed by atoms with E-state index in [0.29, 0.717) is 6.61 Å². The lowest BCUT2D eigenvalue weighted by atomic mass is 10.2. The number of halogens is 1. The average Bonchev–Trinajstić information content (AvgIpc) is 2.98. The highest BCUT2D eigenvalue weighted by atomic mass is 35.5. The molecule has 0 saturated heterocycles. The molecule has 5 nitrogen and oxygen atoms in total. The fourth-order valence-corrected chi connectivity index (χ4v) is 2.72. The molecular formula is C13H13ClN4OS. The van der Waals surface area contributed by atoms with Gasteiger partial charge in [0.25, 0.3) is 0 Å². The molecule has 3 rings (SSSR count). The molecule has 0 unspecified atom stereocenters. The Bertz CT molecular complexity index is 675. The van der Waals surface area contributed by atoms with E-state index in [-0.39, 0.29) is 0 Å². The molecule has 1 aromatic carbocycles. The molecule has 0 aliphatic heterocycles. The fraction of sp³-hybridized carbons (Fsp3) is 0.231. The predicted molar refractivity (Wildman–Crippen MR) is 81.7 cm³/mol. The van der Waals surface area contributed by atoms with Crippen molar-refractivity contribution in [1.82, 2.24) is 14.6 Å². The molecule has 3 aromatic rings. The number of aromatic nitrogens is 3. The van der Waals surface area contributed by atoms with E-state index in [9.17, 15) is 0 Å². The van der Waals surface area contributed by atoms with Crippen LogP contribution in [-0.2, 0) is 4.74 Å². The number of nitrogens with zero attached hydrogens (tertiary/aromatic N) is 3. The van der Waals surface area contributed by atoms with Crippen molar-refractivity contribution >= 4 is 33.0 Å². The first-order valence-corrected chi connectivity index (χ1v) is 7.30. The summed E-state index contributed by atoms with van der Waals surface area (Å²) in [6, 6.07) is 7.62. The maximum Gasteiger partial charge on any atom is 0.214 e. The van der Waals surface area contributed by atoms with Crippen LogP contribution in [0.5, 0.6) is 0 Å². The number of benzene rings is 1. The molecule has 0 aliphatic carbocycles. The number of fused-ring (bicyclic) bond motifs is 1. The molecule has 104 valence electrons. The summed E-state index contributed by atoms with van der Waals surface area (Å²) >= 11 is 7.40. The van der Waals surface area contributed by atoms with E-state index >= 15 is 0 Å². The van der Waals surface area contributed by atoms with Crippen LogP contribution in [-0.4, -0.2) is 34.9 Å². The summed E-state index contributed by atoms with van der Waals surface area (Å²) in [5, 5.41) is 9.18. The Morgan fingerprint density at radius 1 is 1.35 bits per heavy atom. The standard InChI is InChI=1S/C13H13ClN4OS/c1-19-7-6-15-12-17-18-8-11(16-13(18)20-12)9-2-4-10(14)5-3-9/h2-5,8H,6-7H2,1H3,(H,15,17). The Morgan fingerprint density at radius 3 is 2.85 bits per heavy atom. The first-order chi connectivity index (χ1) is 9.76. The van der Waals surface area contributed by atoms with Gasteiger partial charge in [0.15, 0.2) is 0 Å². The second-order valence-electron chi connectivity index (χ2n) is 4.19. The molecule has 0 aliphatic rings. The Kier molecular flexibility index (Phi) is 3.86. The van der Waals surface area contributed by atoms with Crippen LogP contribution in [0.25, 0.3) is 16.2 Å². The number of hydrogen-bond acceptors (Lipinski definition) is 5. The van der Waals surface area contributed by atoms with Gasteiger partial charge in [0.05, 0.1) is 18.5 Å². The van der Waals surface area contributed by atoms with Gasteiger partial charge in [0.2, 0.25) is 10.1 Å². The quantitative estimate of drug-likeness (QED) is 0.736. The molecule has 0 spiro atoms. The molecule has 20 heavy (non-hydrogen) atoms. The zero-order valence-electron chi connectivity index (χ0n) is 10.8. The molecule has 7 heteroatoms. The van der Waals surface area contributed by atoms with Crippen molar-refractivity contribution in [3.63, 3.8) is 0 Å². The second-order valence-corrected chi connectivity index (χ2v) is 5.58. The summed E-state index contributed by atoms with van der Waals surface area (Å²) in [5.74, 6) is 0. The third-order valence-electron chi connectivity index (χ3n) is 2.77. The molecule has 0 saturated carbocycles. The van der Waals surface area contributed by atoms with Gasteiger partial charge in [0.1, 0.15) is 0 Å². The number of anilines is 1. The van der Waals surface area contributed by atoms with Crippen molar-refractivity contribution in [3.8, 4) is 11.3 Å². The topological polar surface area (TPSA) is 51.5 Å². The Labute approximate surface area is 125 Å². The van der Waals surface area contributed by atoms with Crippen LogP contribution in [0.15, 0.2) is 30.5 Å². The van der Waals surface area contributed by atoms with E-state index in [0.717, 1.165) is 32.9 Å². The minimum atomic E-state index is 0.651. The molecule has 0 atom stereocenters. The lowest BCUT2D eigenvalue weighted by Gasteiger charge is -1.99. The zero-order chi connectivity index (χ0) is 13.9. The molecule has 0 amide bonds. The van der Waals surface area contributed by atoms with E-state index in [1.165, 1.54) is 11.3 Å². The van der Waals surface area contributed by atoms with E-state index in [2.05, 4.69) is 15.4 Å². The van der Waals surface area contributed by atoms with Crippen LogP contribution >= 0.6 is 22.9 Å². The Morgan fingerprint density at radius 2 is 2.15 bits per heavy atom. The van der Waals surface area contributed by atoms with Gasteiger partial charge in [-0.3, -0.25) is 0 Å². The second kappa shape index (κ2) is 5.78. The molecule has 1 N–H and O–H groups in total. The number of imidazole rings is 1. The Balaban J connectivity index is 1.81. The van der Waals surface area contributed by atoms with Gasteiger partial charge in [-0.1, -0.05) is 35.1 Å². The third kappa shape index (κ3) is 2.77. The predicted octanol–water partition coefficient (Wildman–Crippen LogP) is 3.17. The number of ether oxygens (including phenoxy) is 1. The first-order valence-electron chi connectivity index (χ1n) is 6.11. The van der Waals surface area contributed by atoms with Crippen molar-refractivity contribution < 1.29 is 4.74 Å². The summed E-state index contributed by atoms with van der Waals surface area (Å²) in [6.45, 7) is 1.38. The highest BCUT2D eigenvalue weighted by Gasteiger charge is 2.09. The summed E-state index contributed by atoms with van der Waals surface area (Å²) < 4.78 is 6.77. The van der Waals surface area contributed by atoms with Gasteiger partial charge in [-0.15, -0.1) is 5.10 Å². The van der Waals surface area contributed by atoms with Crippen molar-refractivity contribution in [3.05, 3.63) is 35.5 Å². The van der Waals surface area contributed by atoms with Crippen molar-refractivity contribution in [2.75, 3.05) is 25.6 Å². The van der Waals surface area contributed by atoms with Crippen LogP contribution in [0.4, 0.5) is 5.13 Å². The van der Waals surface area contributed by atoms with Crippen molar-refractivity contribution in [1.29, 1.82) is 0 Å². The molecule has 0 radical (unpaired) electrons. The molecule has 0 fully saturated rings. The van der Waals surface area contributed by atoms with Gasteiger partial charge in [-0.25, -0.2) is 9.50 Å². The lowest BCUT2D eigenvalue weighted by molar-refractivity contribution is 0.210. The minimum Gasteiger partial charge on any atom is -0.383 e. The molecule has 2 aromatic heterocycles. The first kappa shape index (κ1) is 13.4. The van der Waals surface area contributed by atoms with E-state index in [1.807, 2.05) is 30.5 Å². The van der Waals surface area contributed by atoms with Gasteiger partial charge in [0, 0.05) is 24.2 Å². The minimum absolute atomic E-state index is 0.651. The van der Waals surface area contributed by atoms with Crippen molar-refractivity contribution in [2.24, 2.45) is 0 Å². The number of hydrogen-bond donors (Lipinski definition) is 1. The van der Waals surface area contributed by atoms with Crippen molar-refractivity contribution in [2.45, 2.75) is 0 Å². The van der Waals surface area contributed by atoms with E-state index in [4.69, 9.17) is 16.3 Å². The summed E-state index contributed by atoms with van der Waals surface area (Å²) in [4.78, 5) is 5.42. The fourth-order valence-electron chi connectivity index (χ4n) is 1.79. The van der Waals surface area contributed by atoms with Crippen LogP contribution < -0.4 is 5.32 Å². The maximum absolute atomic E-state index is 5.88. The zero-order valence-corrected chi connectivity index (χ0v) is 12.4. The number of nitrogens with one attached hydrogen (secondary N) is 1. The highest BCUT2D eigenvalue weighted by molar-refractivity contribution is 7.20. The molecule has 0 bridgehead atoms. The van der Waals surface area contributed by atoms with Gasteiger partial charge >= 0.3 is 0 Å². The van der Waals surface area contributed by atoms with Crippen LogP contribution in [0.2, 0.25) is 5.02 Å².